The van der Waals surface area contributed by atoms with Crippen LogP contribution in [0.15, 0.2) is 12.2 Å². The van der Waals surface area contributed by atoms with E-state index >= 15 is 0 Å². The lowest BCUT2D eigenvalue weighted by molar-refractivity contribution is -0.239. The third kappa shape index (κ3) is 2.83. The molecule has 1 unspecified atom stereocenters. The molecule has 3 nitrogen and oxygen atoms in total. The molecule has 5 aliphatic rings. The Kier molecular flexibility index (Phi) is 5.55. The van der Waals surface area contributed by atoms with Gasteiger partial charge in [0, 0.05) is 6.04 Å². The molecule has 0 amide bonds. The van der Waals surface area contributed by atoms with Crippen molar-refractivity contribution in [1.29, 1.82) is 0 Å². The molecule has 5 rings (SSSR count). The minimum Gasteiger partial charge on any atom is -0.469 e. The standard InChI is InChI=1S/C31H51NO2/c1-19(2)20-11-16-31(26(33)34-8)18-17-29(6)21(25(20)31)9-10-23-28(5)14-13-24(32)27(3,4)22(28)12-15-30(23,29)7/h20-25H,1,9-18,32H2,2-8H3/t20-,21?,22-,23+,24-,25+,28-,29+,30+,31-/m0/s1. The summed E-state index contributed by atoms with van der Waals surface area (Å²) in [7, 11) is 1.60. The van der Waals surface area contributed by atoms with Crippen molar-refractivity contribution in [2.75, 3.05) is 7.11 Å². The summed E-state index contributed by atoms with van der Waals surface area (Å²) in [5.41, 5.74) is 8.90. The number of carbonyl (C=O) groups excluding carboxylic acids is 1. The largest absolute Gasteiger partial charge is 0.469 e. The van der Waals surface area contributed by atoms with Gasteiger partial charge in [0.25, 0.3) is 0 Å². The Morgan fingerprint density at radius 3 is 2.21 bits per heavy atom. The molecule has 0 aliphatic heterocycles. The van der Waals surface area contributed by atoms with Crippen LogP contribution < -0.4 is 5.73 Å². The Balaban J connectivity index is 1.56. The number of nitrogens with two attached hydrogens (primary N) is 1. The summed E-state index contributed by atoms with van der Waals surface area (Å²) in [5, 5.41) is 0. The van der Waals surface area contributed by atoms with Crippen LogP contribution in [0.3, 0.4) is 0 Å². The van der Waals surface area contributed by atoms with E-state index in [1.165, 1.54) is 50.5 Å². The number of esters is 1. The number of allylic oxidation sites excluding steroid dienone is 1. The lowest BCUT2D eigenvalue weighted by atomic mass is 9.32. The molecule has 2 N–H and O–H groups in total. The first-order chi connectivity index (χ1) is 15.8. The van der Waals surface area contributed by atoms with Crippen molar-refractivity contribution in [3.63, 3.8) is 0 Å². The minimum absolute atomic E-state index is 0.0641. The number of rotatable bonds is 2. The van der Waals surface area contributed by atoms with E-state index in [2.05, 4.69) is 48.1 Å². The quantitative estimate of drug-likeness (QED) is 0.345. The maximum absolute atomic E-state index is 13.4. The van der Waals surface area contributed by atoms with Gasteiger partial charge in [-0.25, -0.2) is 0 Å². The molecule has 0 aromatic rings. The monoisotopic (exact) mass is 469 g/mol. The molecule has 0 heterocycles. The van der Waals surface area contributed by atoms with Crippen LogP contribution in [0.25, 0.3) is 0 Å². The highest BCUT2D eigenvalue weighted by molar-refractivity contribution is 5.78. The summed E-state index contributed by atoms with van der Waals surface area (Å²) in [4.78, 5) is 13.4. The molecule has 5 fully saturated rings. The second-order valence-corrected chi connectivity index (χ2v) is 14.8. The summed E-state index contributed by atoms with van der Waals surface area (Å²) < 4.78 is 5.51. The second kappa shape index (κ2) is 7.59. The van der Waals surface area contributed by atoms with Gasteiger partial charge in [-0.3, -0.25) is 4.79 Å². The SMILES string of the molecule is C=C(C)[C@@H]1CC[C@]2(C(=O)OC)CC[C@]3(C)C(CC[C@@H]4[C@@]5(C)CC[C@H](N)C(C)(C)[C@@H]5CC[C@]43C)[C@@H]12. The fourth-order valence-electron chi connectivity index (χ4n) is 11.7. The van der Waals surface area contributed by atoms with E-state index in [0.29, 0.717) is 34.6 Å². The van der Waals surface area contributed by atoms with Gasteiger partial charge < -0.3 is 10.5 Å². The number of ether oxygens (including phenoxy) is 1. The molecule has 0 radical (unpaired) electrons. The van der Waals surface area contributed by atoms with Crippen LogP contribution in [-0.2, 0) is 9.53 Å². The van der Waals surface area contributed by atoms with Crippen molar-refractivity contribution in [1.82, 2.24) is 0 Å². The second-order valence-electron chi connectivity index (χ2n) is 14.8. The minimum atomic E-state index is -0.285. The smallest absolute Gasteiger partial charge is 0.312 e. The van der Waals surface area contributed by atoms with Crippen LogP contribution in [-0.4, -0.2) is 19.1 Å². The molecule has 192 valence electrons. The molecule has 5 aliphatic carbocycles. The Hall–Kier alpha value is -0.830. The Morgan fingerprint density at radius 2 is 1.56 bits per heavy atom. The average molecular weight is 470 g/mol. The highest BCUT2D eigenvalue weighted by Gasteiger charge is 2.72. The van der Waals surface area contributed by atoms with E-state index in [9.17, 15) is 4.79 Å². The molecule has 0 aromatic carbocycles. The molecule has 0 bridgehead atoms. The van der Waals surface area contributed by atoms with Crippen molar-refractivity contribution in [2.24, 2.45) is 62.4 Å². The molecule has 5 saturated carbocycles. The molecule has 0 aromatic heterocycles. The van der Waals surface area contributed by atoms with Gasteiger partial charge in [-0.2, -0.15) is 0 Å². The predicted molar refractivity (Wildman–Crippen MR) is 139 cm³/mol. The fourth-order valence-corrected chi connectivity index (χ4v) is 11.7. The van der Waals surface area contributed by atoms with Gasteiger partial charge in [-0.1, -0.05) is 46.8 Å². The van der Waals surface area contributed by atoms with E-state index in [1.54, 1.807) is 7.11 Å². The van der Waals surface area contributed by atoms with Gasteiger partial charge in [0.15, 0.2) is 0 Å². The molecule has 34 heavy (non-hydrogen) atoms. The molecule has 10 atom stereocenters. The van der Waals surface area contributed by atoms with Crippen LogP contribution >= 0.6 is 0 Å². The van der Waals surface area contributed by atoms with E-state index < -0.39 is 0 Å². The Bertz CT molecular complexity index is 879. The van der Waals surface area contributed by atoms with Crippen molar-refractivity contribution >= 4 is 5.97 Å². The highest BCUT2D eigenvalue weighted by atomic mass is 16.5. The summed E-state index contributed by atoms with van der Waals surface area (Å²) >= 11 is 0. The molecule has 0 saturated heterocycles. The van der Waals surface area contributed by atoms with Gasteiger partial charge in [-0.05, 0) is 122 Å². The topological polar surface area (TPSA) is 52.3 Å². The maximum Gasteiger partial charge on any atom is 0.312 e. The Labute approximate surface area is 209 Å². The lowest BCUT2D eigenvalue weighted by Gasteiger charge is -2.72. The van der Waals surface area contributed by atoms with Gasteiger partial charge in [0.05, 0.1) is 12.5 Å². The fraction of sp³-hybridized carbons (Fsp3) is 0.903. The van der Waals surface area contributed by atoms with E-state index in [1.807, 2.05) is 0 Å². The van der Waals surface area contributed by atoms with Crippen LogP contribution in [0, 0.1) is 56.7 Å². The summed E-state index contributed by atoms with van der Waals surface area (Å²) in [6, 6.07) is 0.326. The predicted octanol–water partition coefficient (Wildman–Crippen LogP) is 7.14. The van der Waals surface area contributed by atoms with Crippen LogP contribution in [0.2, 0.25) is 0 Å². The number of carbonyl (C=O) groups is 1. The van der Waals surface area contributed by atoms with Crippen molar-refractivity contribution in [2.45, 2.75) is 112 Å². The average Bonchev–Trinajstić information content (AvgIpc) is 3.18. The zero-order valence-corrected chi connectivity index (χ0v) is 23.1. The van der Waals surface area contributed by atoms with Crippen LogP contribution in [0.4, 0.5) is 0 Å². The maximum atomic E-state index is 13.4. The van der Waals surface area contributed by atoms with E-state index in [0.717, 1.165) is 31.1 Å². The van der Waals surface area contributed by atoms with Gasteiger partial charge in [0.2, 0.25) is 0 Å². The Morgan fingerprint density at radius 1 is 0.853 bits per heavy atom. The number of fused-ring (bicyclic) bond motifs is 7. The van der Waals surface area contributed by atoms with E-state index in [4.69, 9.17) is 10.5 Å². The number of hydrogen-bond donors (Lipinski definition) is 1. The normalized spacial score (nSPS) is 53.6. The van der Waals surface area contributed by atoms with Gasteiger partial charge in [-0.15, -0.1) is 0 Å². The van der Waals surface area contributed by atoms with Gasteiger partial charge in [0.1, 0.15) is 0 Å². The molecule has 0 spiro atoms. The molecular formula is C31H51NO2. The van der Waals surface area contributed by atoms with Crippen molar-refractivity contribution in [3.05, 3.63) is 12.2 Å². The van der Waals surface area contributed by atoms with Crippen molar-refractivity contribution in [3.8, 4) is 0 Å². The number of methoxy groups -OCH3 is 1. The molecular weight excluding hydrogens is 418 g/mol. The third-order valence-corrected chi connectivity index (χ3v) is 13.8. The first kappa shape index (κ1) is 24.8. The van der Waals surface area contributed by atoms with Crippen LogP contribution in [0.5, 0.6) is 0 Å². The third-order valence-electron chi connectivity index (χ3n) is 13.8. The molecule has 3 heteroatoms. The highest BCUT2D eigenvalue weighted by Crippen LogP contribution is 2.77. The first-order valence-corrected chi connectivity index (χ1v) is 14.3. The number of hydrogen-bond acceptors (Lipinski definition) is 3. The summed E-state index contributed by atoms with van der Waals surface area (Å²) in [6.07, 6.45) is 11.9. The zero-order valence-electron chi connectivity index (χ0n) is 23.1. The summed E-state index contributed by atoms with van der Waals surface area (Å²) in [5.74, 6) is 2.98. The van der Waals surface area contributed by atoms with E-state index in [-0.39, 0.29) is 22.2 Å². The first-order valence-electron chi connectivity index (χ1n) is 14.3. The summed E-state index contributed by atoms with van der Waals surface area (Å²) in [6.45, 7) is 19.5. The lowest BCUT2D eigenvalue weighted by Crippen LogP contribution is -2.67. The van der Waals surface area contributed by atoms with Crippen LogP contribution in [0.1, 0.15) is 106 Å². The van der Waals surface area contributed by atoms with Gasteiger partial charge >= 0.3 is 5.97 Å². The zero-order chi connectivity index (χ0) is 24.9. The van der Waals surface area contributed by atoms with Crippen molar-refractivity contribution < 1.29 is 9.53 Å².